The molecule has 1 aromatic rings. The highest BCUT2D eigenvalue weighted by atomic mass is 16.2. The molecule has 1 aromatic carbocycles. The van der Waals surface area contributed by atoms with E-state index < -0.39 is 6.04 Å². The van der Waals surface area contributed by atoms with Crippen molar-refractivity contribution in [3.63, 3.8) is 0 Å². The molecule has 0 spiro atoms. The molecule has 3 amide bonds. The van der Waals surface area contributed by atoms with Crippen molar-refractivity contribution in [2.75, 3.05) is 26.2 Å². The Balaban J connectivity index is 2.06. The average molecular weight is 402 g/mol. The third-order valence-corrected chi connectivity index (χ3v) is 5.57. The second-order valence-electron chi connectivity index (χ2n) is 8.15. The fourth-order valence-corrected chi connectivity index (χ4v) is 3.92. The van der Waals surface area contributed by atoms with E-state index >= 15 is 0 Å². The number of carbonyl (C=O) groups excluding carboxylic acids is 3. The van der Waals surface area contributed by atoms with Gasteiger partial charge in [-0.2, -0.15) is 0 Å². The van der Waals surface area contributed by atoms with Crippen LogP contribution in [-0.2, 0) is 9.59 Å². The second kappa shape index (κ2) is 11.0. The Kier molecular flexibility index (Phi) is 8.68. The van der Waals surface area contributed by atoms with Crippen LogP contribution in [-0.4, -0.2) is 59.7 Å². The smallest absolute Gasteiger partial charge is 0.253 e. The minimum Gasteiger partial charge on any atom is -0.344 e. The van der Waals surface area contributed by atoms with Crippen LogP contribution in [0.4, 0.5) is 0 Å². The Morgan fingerprint density at radius 2 is 1.66 bits per heavy atom. The predicted octanol–water partition coefficient (Wildman–Crippen LogP) is 2.94. The van der Waals surface area contributed by atoms with Crippen molar-refractivity contribution in [3.8, 4) is 0 Å². The number of hydrogen-bond donors (Lipinski definition) is 1. The summed E-state index contributed by atoms with van der Waals surface area (Å²) in [5, 5.41) is 3.01. The summed E-state index contributed by atoms with van der Waals surface area (Å²) in [6, 6.07) is 8.76. The number of carbonyl (C=O) groups is 3. The summed E-state index contributed by atoms with van der Waals surface area (Å²) < 4.78 is 0. The molecule has 1 heterocycles. The van der Waals surface area contributed by atoms with Gasteiger partial charge in [0.25, 0.3) is 5.91 Å². The van der Waals surface area contributed by atoms with E-state index in [1.54, 1.807) is 4.90 Å². The Hall–Kier alpha value is -2.37. The van der Waals surface area contributed by atoms with Gasteiger partial charge in [-0.05, 0) is 50.7 Å². The van der Waals surface area contributed by atoms with Crippen molar-refractivity contribution >= 4 is 17.7 Å². The number of likely N-dealkylation sites (N-methyl/N-ethyl adjacent to an activating group) is 1. The van der Waals surface area contributed by atoms with Crippen molar-refractivity contribution in [1.82, 2.24) is 15.1 Å². The quantitative estimate of drug-likeness (QED) is 0.728. The highest BCUT2D eigenvalue weighted by Gasteiger charge is 2.35. The first-order valence-corrected chi connectivity index (χ1v) is 10.8. The lowest BCUT2D eigenvalue weighted by Crippen LogP contribution is -2.54. The van der Waals surface area contributed by atoms with Crippen molar-refractivity contribution in [2.24, 2.45) is 11.8 Å². The van der Waals surface area contributed by atoms with Crippen molar-refractivity contribution < 1.29 is 14.4 Å². The van der Waals surface area contributed by atoms with E-state index in [0.717, 1.165) is 0 Å². The first-order valence-electron chi connectivity index (χ1n) is 10.8. The highest BCUT2D eigenvalue weighted by molar-refractivity contribution is 5.94. The largest absolute Gasteiger partial charge is 0.344 e. The summed E-state index contributed by atoms with van der Waals surface area (Å²) in [6.45, 7) is 10.3. The number of hydrogen-bond acceptors (Lipinski definition) is 3. The minimum atomic E-state index is -0.518. The lowest BCUT2D eigenvalue weighted by Gasteiger charge is -2.37. The zero-order valence-electron chi connectivity index (χ0n) is 18.2. The van der Waals surface area contributed by atoms with E-state index in [4.69, 9.17) is 0 Å². The van der Waals surface area contributed by atoms with Gasteiger partial charge in [0.1, 0.15) is 6.04 Å². The normalized spacial score (nSPS) is 15.8. The fraction of sp³-hybridized carbons (Fsp3) is 0.609. The summed E-state index contributed by atoms with van der Waals surface area (Å²) in [5.41, 5.74) is 0.687. The van der Waals surface area contributed by atoms with E-state index in [1.807, 2.05) is 62.9 Å². The van der Waals surface area contributed by atoms with Gasteiger partial charge in [0.05, 0.1) is 0 Å². The first-order chi connectivity index (χ1) is 13.9. The van der Waals surface area contributed by atoms with E-state index in [9.17, 15) is 14.4 Å². The highest BCUT2D eigenvalue weighted by Crippen LogP contribution is 2.24. The van der Waals surface area contributed by atoms with Crippen LogP contribution in [0.25, 0.3) is 0 Å². The molecule has 6 nitrogen and oxygen atoms in total. The minimum absolute atomic E-state index is 0.0139. The molecule has 1 N–H and O–H groups in total. The molecule has 1 fully saturated rings. The van der Waals surface area contributed by atoms with Crippen LogP contribution in [0.15, 0.2) is 30.3 Å². The van der Waals surface area contributed by atoms with E-state index in [0.29, 0.717) is 51.0 Å². The van der Waals surface area contributed by atoms with Crippen LogP contribution in [0.5, 0.6) is 0 Å². The SMILES string of the molecule is CCN(CC)C(=O)C(NC(=O)CC(C)C)C1CCN(C(=O)c2ccccc2)CC1. The fourth-order valence-electron chi connectivity index (χ4n) is 3.92. The standard InChI is InChI=1S/C23H35N3O3/c1-5-25(6-2)23(29)21(24-20(27)16-17(3)4)18-12-14-26(15-13-18)22(28)19-10-8-7-9-11-19/h7-11,17-18,21H,5-6,12-16H2,1-4H3,(H,24,27). The molecule has 1 aliphatic heterocycles. The van der Waals surface area contributed by atoms with Crippen molar-refractivity contribution in [2.45, 2.75) is 53.0 Å². The zero-order chi connectivity index (χ0) is 21.4. The Morgan fingerprint density at radius 1 is 1.07 bits per heavy atom. The van der Waals surface area contributed by atoms with Gasteiger partial charge in [-0.3, -0.25) is 14.4 Å². The lowest BCUT2D eigenvalue weighted by molar-refractivity contribution is -0.138. The Morgan fingerprint density at radius 3 is 2.17 bits per heavy atom. The van der Waals surface area contributed by atoms with Crippen LogP contribution in [0, 0.1) is 11.8 Å². The number of piperidine rings is 1. The van der Waals surface area contributed by atoms with Gasteiger partial charge < -0.3 is 15.1 Å². The maximum absolute atomic E-state index is 13.1. The van der Waals surface area contributed by atoms with Crippen LogP contribution < -0.4 is 5.32 Å². The lowest BCUT2D eigenvalue weighted by atomic mass is 9.87. The van der Waals surface area contributed by atoms with Crippen LogP contribution in [0.2, 0.25) is 0 Å². The second-order valence-corrected chi connectivity index (χ2v) is 8.15. The molecule has 0 bridgehead atoms. The van der Waals surface area contributed by atoms with E-state index in [-0.39, 0.29) is 29.6 Å². The van der Waals surface area contributed by atoms with Crippen molar-refractivity contribution in [3.05, 3.63) is 35.9 Å². The molecule has 160 valence electrons. The summed E-state index contributed by atoms with van der Waals surface area (Å²) in [6.07, 6.45) is 1.82. The summed E-state index contributed by atoms with van der Waals surface area (Å²) in [7, 11) is 0. The molecule has 0 aromatic heterocycles. The molecule has 1 aliphatic rings. The molecule has 0 saturated carbocycles. The molecular weight excluding hydrogens is 366 g/mol. The molecule has 1 saturated heterocycles. The van der Waals surface area contributed by atoms with Gasteiger partial charge in [0.2, 0.25) is 11.8 Å². The number of rotatable bonds is 8. The number of benzene rings is 1. The third-order valence-electron chi connectivity index (χ3n) is 5.57. The van der Waals surface area contributed by atoms with Crippen LogP contribution in [0.3, 0.4) is 0 Å². The molecule has 1 atom stereocenters. The van der Waals surface area contributed by atoms with Gasteiger partial charge in [-0.1, -0.05) is 32.0 Å². The summed E-state index contributed by atoms with van der Waals surface area (Å²) in [5.74, 6) is 0.219. The first kappa shape index (κ1) is 22.9. The Bertz CT molecular complexity index is 678. The van der Waals surface area contributed by atoms with Gasteiger partial charge in [0.15, 0.2) is 0 Å². The van der Waals surface area contributed by atoms with Crippen LogP contribution in [0.1, 0.15) is 57.3 Å². The number of likely N-dealkylation sites (tertiary alicyclic amines) is 1. The predicted molar refractivity (Wildman–Crippen MR) is 114 cm³/mol. The molecule has 0 radical (unpaired) electrons. The number of nitrogens with zero attached hydrogens (tertiary/aromatic N) is 2. The molecule has 29 heavy (non-hydrogen) atoms. The maximum atomic E-state index is 13.1. The average Bonchev–Trinajstić information content (AvgIpc) is 2.72. The van der Waals surface area contributed by atoms with E-state index in [2.05, 4.69) is 5.32 Å². The topological polar surface area (TPSA) is 69.7 Å². The molecule has 1 unspecified atom stereocenters. The summed E-state index contributed by atoms with van der Waals surface area (Å²) >= 11 is 0. The summed E-state index contributed by atoms with van der Waals surface area (Å²) in [4.78, 5) is 41.8. The molecule has 6 heteroatoms. The number of amides is 3. The van der Waals surface area contributed by atoms with Gasteiger partial charge in [-0.15, -0.1) is 0 Å². The molecular formula is C23H35N3O3. The van der Waals surface area contributed by atoms with Gasteiger partial charge in [-0.25, -0.2) is 0 Å². The van der Waals surface area contributed by atoms with Gasteiger partial charge in [0, 0.05) is 38.2 Å². The zero-order valence-corrected chi connectivity index (χ0v) is 18.2. The Labute approximate surface area is 174 Å². The van der Waals surface area contributed by atoms with Crippen LogP contribution >= 0.6 is 0 Å². The van der Waals surface area contributed by atoms with Gasteiger partial charge >= 0.3 is 0 Å². The maximum Gasteiger partial charge on any atom is 0.253 e. The molecule has 0 aliphatic carbocycles. The molecule has 2 rings (SSSR count). The number of nitrogens with one attached hydrogen (secondary N) is 1. The van der Waals surface area contributed by atoms with E-state index in [1.165, 1.54) is 0 Å². The monoisotopic (exact) mass is 401 g/mol. The van der Waals surface area contributed by atoms with Crippen molar-refractivity contribution in [1.29, 1.82) is 0 Å². The third kappa shape index (κ3) is 6.31.